The number of hydrogen-bond acceptors (Lipinski definition) is 3. The maximum Gasteiger partial charge on any atom is 0.272 e. The minimum atomic E-state index is -0.339. The third-order valence-electron chi connectivity index (χ3n) is 3.98. The summed E-state index contributed by atoms with van der Waals surface area (Å²) in [6, 6.07) is 18.3. The fraction of sp³-hybridized carbons (Fsp3) is 0.150. The van der Waals surface area contributed by atoms with Crippen LogP contribution in [0, 0.1) is 0 Å². The molecule has 0 saturated carbocycles. The van der Waals surface area contributed by atoms with Crippen molar-refractivity contribution >= 4 is 29.2 Å². The molecule has 6 nitrogen and oxygen atoms in total. The molecule has 0 aliphatic heterocycles. The summed E-state index contributed by atoms with van der Waals surface area (Å²) in [4.78, 5) is 24.5. The van der Waals surface area contributed by atoms with Gasteiger partial charge in [0.25, 0.3) is 5.91 Å². The van der Waals surface area contributed by atoms with Gasteiger partial charge in [-0.05, 0) is 17.2 Å². The quantitative estimate of drug-likeness (QED) is 0.687. The van der Waals surface area contributed by atoms with Gasteiger partial charge in [0.2, 0.25) is 5.91 Å². The molecule has 3 rings (SSSR count). The molecule has 1 heterocycles. The van der Waals surface area contributed by atoms with E-state index in [0.29, 0.717) is 17.4 Å². The second-order valence-electron chi connectivity index (χ2n) is 6.02. The molecule has 0 radical (unpaired) electrons. The minimum absolute atomic E-state index is 0.174. The van der Waals surface area contributed by atoms with Gasteiger partial charge in [-0.2, -0.15) is 5.10 Å². The van der Waals surface area contributed by atoms with Crippen LogP contribution < -0.4 is 10.6 Å². The molecule has 0 saturated heterocycles. The zero-order chi connectivity index (χ0) is 19.2. The molecule has 2 N–H and O–H groups in total. The zero-order valence-corrected chi connectivity index (χ0v) is 15.5. The monoisotopic (exact) mass is 382 g/mol. The number of benzene rings is 2. The number of nitrogens with zero attached hydrogens (tertiary/aromatic N) is 2. The first-order chi connectivity index (χ1) is 13.0. The number of carbonyl (C=O) groups excluding carboxylic acids is 2. The molecule has 0 aliphatic rings. The molecule has 0 unspecified atom stereocenters. The molecule has 1 aromatic heterocycles. The smallest absolute Gasteiger partial charge is 0.272 e. The minimum Gasteiger partial charge on any atom is -0.347 e. The van der Waals surface area contributed by atoms with Gasteiger partial charge in [-0.25, -0.2) is 0 Å². The predicted molar refractivity (Wildman–Crippen MR) is 105 cm³/mol. The van der Waals surface area contributed by atoms with Crippen molar-refractivity contribution in [2.45, 2.75) is 13.0 Å². The highest BCUT2D eigenvalue weighted by Crippen LogP contribution is 2.15. The van der Waals surface area contributed by atoms with E-state index in [4.69, 9.17) is 11.6 Å². The lowest BCUT2D eigenvalue weighted by molar-refractivity contribution is -0.115. The third-order valence-corrected chi connectivity index (χ3v) is 4.35. The van der Waals surface area contributed by atoms with Crippen LogP contribution in [0.15, 0.2) is 60.7 Å². The Morgan fingerprint density at radius 3 is 2.52 bits per heavy atom. The fourth-order valence-corrected chi connectivity index (χ4v) is 2.77. The Labute approximate surface area is 162 Å². The van der Waals surface area contributed by atoms with E-state index < -0.39 is 0 Å². The Hall–Kier alpha value is -3.12. The number of aromatic nitrogens is 2. The van der Waals surface area contributed by atoms with Crippen LogP contribution in [-0.4, -0.2) is 21.6 Å². The molecule has 27 heavy (non-hydrogen) atoms. The van der Waals surface area contributed by atoms with E-state index in [-0.39, 0.29) is 23.9 Å². The van der Waals surface area contributed by atoms with Crippen molar-refractivity contribution in [3.63, 3.8) is 0 Å². The summed E-state index contributed by atoms with van der Waals surface area (Å²) in [6.45, 7) is 0.296. The summed E-state index contributed by atoms with van der Waals surface area (Å²) in [6.07, 6.45) is 0.250. The number of carbonyl (C=O) groups is 2. The van der Waals surface area contributed by atoms with Gasteiger partial charge in [0.1, 0.15) is 5.82 Å². The van der Waals surface area contributed by atoms with Crippen molar-refractivity contribution in [3.8, 4) is 0 Å². The molecule has 2 aromatic carbocycles. The van der Waals surface area contributed by atoms with Crippen LogP contribution in [0.2, 0.25) is 5.02 Å². The Morgan fingerprint density at radius 1 is 1.07 bits per heavy atom. The van der Waals surface area contributed by atoms with Crippen LogP contribution in [0.5, 0.6) is 0 Å². The molecule has 7 heteroatoms. The van der Waals surface area contributed by atoms with Crippen LogP contribution in [0.25, 0.3) is 0 Å². The highest BCUT2D eigenvalue weighted by atomic mass is 35.5. The zero-order valence-electron chi connectivity index (χ0n) is 14.8. The lowest BCUT2D eigenvalue weighted by atomic mass is 10.1. The maximum atomic E-state index is 12.3. The third kappa shape index (κ3) is 4.95. The predicted octanol–water partition coefficient (Wildman–Crippen LogP) is 3.18. The number of hydrogen-bond donors (Lipinski definition) is 2. The number of halogens is 1. The first-order valence-electron chi connectivity index (χ1n) is 8.42. The summed E-state index contributed by atoms with van der Waals surface area (Å²) in [5.41, 5.74) is 1.95. The van der Waals surface area contributed by atoms with E-state index in [2.05, 4.69) is 15.7 Å². The molecule has 0 atom stereocenters. The first kappa shape index (κ1) is 18.7. The second kappa shape index (κ2) is 8.51. The first-order valence-corrected chi connectivity index (χ1v) is 8.80. The lowest BCUT2D eigenvalue weighted by Gasteiger charge is -2.05. The summed E-state index contributed by atoms with van der Waals surface area (Å²) < 4.78 is 1.47. The van der Waals surface area contributed by atoms with E-state index in [1.54, 1.807) is 19.2 Å². The van der Waals surface area contributed by atoms with Gasteiger partial charge >= 0.3 is 0 Å². The van der Waals surface area contributed by atoms with Crippen LogP contribution in [0.1, 0.15) is 21.6 Å². The summed E-state index contributed by atoms with van der Waals surface area (Å²) in [5.74, 6) is -0.0554. The maximum absolute atomic E-state index is 12.3. The highest BCUT2D eigenvalue weighted by Gasteiger charge is 2.15. The standard InChI is InChI=1S/C20H19ClN4O2/c1-25-18(23-19(26)11-14-7-3-2-4-8-14)12-17(24-25)20(27)22-13-15-9-5-6-10-16(15)21/h2-10,12H,11,13H2,1H3,(H,22,27)(H,23,26). The van der Waals surface area contributed by atoms with Crippen LogP contribution in [-0.2, 0) is 24.8 Å². The van der Waals surface area contributed by atoms with Gasteiger partial charge < -0.3 is 10.6 Å². The largest absolute Gasteiger partial charge is 0.347 e. The SMILES string of the molecule is Cn1nc(C(=O)NCc2ccccc2Cl)cc1NC(=O)Cc1ccccc1. The van der Waals surface area contributed by atoms with Crippen molar-refractivity contribution in [3.05, 3.63) is 82.5 Å². The molecule has 0 bridgehead atoms. The number of aryl methyl sites for hydroxylation is 1. The summed E-state index contributed by atoms with van der Waals surface area (Å²) in [7, 11) is 1.67. The van der Waals surface area contributed by atoms with Crippen molar-refractivity contribution in [2.24, 2.45) is 7.05 Å². The number of amides is 2. The Kier molecular flexibility index (Phi) is 5.88. The number of rotatable bonds is 6. The van der Waals surface area contributed by atoms with Gasteiger partial charge in [-0.1, -0.05) is 60.1 Å². The Morgan fingerprint density at radius 2 is 1.78 bits per heavy atom. The molecule has 3 aromatic rings. The average molecular weight is 383 g/mol. The van der Waals surface area contributed by atoms with Crippen molar-refractivity contribution in [1.82, 2.24) is 15.1 Å². The molecular formula is C20H19ClN4O2. The van der Waals surface area contributed by atoms with Gasteiger partial charge in [0.15, 0.2) is 5.69 Å². The fourth-order valence-electron chi connectivity index (χ4n) is 2.57. The lowest BCUT2D eigenvalue weighted by Crippen LogP contribution is -2.23. The van der Waals surface area contributed by atoms with Gasteiger partial charge in [0, 0.05) is 24.7 Å². The van der Waals surface area contributed by atoms with E-state index in [1.807, 2.05) is 48.5 Å². The Bertz CT molecular complexity index is 954. The van der Waals surface area contributed by atoms with Crippen LogP contribution >= 0.6 is 11.6 Å². The summed E-state index contributed by atoms with van der Waals surface area (Å²) >= 11 is 6.09. The van der Waals surface area contributed by atoms with Crippen molar-refractivity contribution < 1.29 is 9.59 Å². The van der Waals surface area contributed by atoms with E-state index in [9.17, 15) is 9.59 Å². The average Bonchev–Trinajstić information content (AvgIpc) is 3.02. The van der Waals surface area contributed by atoms with Crippen molar-refractivity contribution in [1.29, 1.82) is 0 Å². The van der Waals surface area contributed by atoms with Gasteiger partial charge in [-0.15, -0.1) is 0 Å². The molecule has 0 aliphatic carbocycles. The summed E-state index contributed by atoms with van der Waals surface area (Å²) in [5, 5.41) is 10.3. The van der Waals surface area contributed by atoms with Crippen molar-refractivity contribution in [2.75, 3.05) is 5.32 Å². The molecule has 0 spiro atoms. The number of anilines is 1. The number of nitrogens with one attached hydrogen (secondary N) is 2. The van der Waals surface area contributed by atoms with Gasteiger partial charge in [-0.3, -0.25) is 14.3 Å². The van der Waals surface area contributed by atoms with Crippen LogP contribution in [0.3, 0.4) is 0 Å². The normalized spacial score (nSPS) is 10.4. The van der Waals surface area contributed by atoms with E-state index in [1.165, 1.54) is 4.68 Å². The topological polar surface area (TPSA) is 76.0 Å². The molecular weight excluding hydrogens is 364 g/mol. The highest BCUT2D eigenvalue weighted by molar-refractivity contribution is 6.31. The van der Waals surface area contributed by atoms with E-state index in [0.717, 1.165) is 11.1 Å². The van der Waals surface area contributed by atoms with Crippen LogP contribution in [0.4, 0.5) is 5.82 Å². The molecule has 138 valence electrons. The molecule has 2 amide bonds. The second-order valence-corrected chi connectivity index (χ2v) is 6.43. The molecule has 0 fully saturated rings. The van der Waals surface area contributed by atoms with Gasteiger partial charge in [0.05, 0.1) is 6.42 Å². The van der Waals surface area contributed by atoms with E-state index >= 15 is 0 Å². The Balaban J connectivity index is 1.60.